The van der Waals surface area contributed by atoms with Gasteiger partial charge in [-0.2, -0.15) is 0 Å². The SMILES string of the molecule is CCC1(C(=O)O)CCCN(C(=O)C2CCS(=O)(=O)C2)C1. The van der Waals surface area contributed by atoms with Crippen LogP contribution >= 0.6 is 0 Å². The number of amides is 1. The fourth-order valence-electron chi connectivity index (χ4n) is 3.18. The molecule has 7 heteroatoms. The lowest BCUT2D eigenvalue weighted by molar-refractivity contribution is -0.156. The van der Waals surface area contributed by atoms with Crippen LogP contribution in [0.25, 0.3) is 0 Å². The summed E-state index contributed by atoms with van der Waals surface area (Å²) in [5.41, 5.74) is -0.870. The van der Waals surface area contributed by atoms with Crippen molar-refractivity contribution >= 4 is 21.7 Å². The van der Waals surface area contributed by atoms with Crippen molar-refractivity contribution < 1.29 is 23.1 Å². The van der Waals surface area contributed by atoms with Crippen molar-refractivity contribution in [3.63, 3.8) is 0 Å². The van der Waals surface area contributed by atoms with E-state index >= 15 is 0 Å². The molecule has 20 heavy (non-hydrogen) atoms. The van der Waals surface area contributed by atoms with Crippen molar-refractivity contribution in [2.75, 3.05) is 24.6 Å². The molecule has 0 spiro atoms. The Labute approximate surface area is 119 Å². The van der Waals surface area contributed by atoms with E-state index in [1.54, 1.807) is 4.90 Å². The highest BCUT2D eigenvalue weighted by Gasteiger charge is 2.44. The molecule has 2 aliphatic heterocycles. The van der Waals surface area contributed by atoms with Crippen molar-refractivity contribution in [3.05, 3.63) is 0 Å². The number of sulfone groups is 1. The summed E-state index contributed by atoms with van der Waals surface area (Å²) in [5, 5.41) is 9.40. The van der Waals surface area contributed by atoms with E-state index in [0.717, 1.165) is 0 Å². The van der Waals surface area contributed by atoms with E-state index in [1.165, 1.54) is 0 Å². The smallest absolute Gasteiger partial charge is 0.311 e. The molecular formula is C13H21NO5S. The van der Waals surface area contributed by atoms with Gasteiger partial charge in [-0.25, -0.2) is 8.42 Å². The standard InChI is InChI=1S/C13H21NO5S/c1-2-13(12(16)17)5-3-6-14(9-13)11(15)10-4-7-20(18,19)8-10/h10H,2-9H2,1H3,(H,16,17). The van der Waals surface area contributed by atoms with Crippen LogP contribution in [0.15, 0.2) is 0 Å². The summed E-state index contributed by atoms with van der Waals surface area (Å²) in [6.07, 6.45) is 2.08. The molecule has 1 amide bonds. The minimum atomic E-state index is -3.09. The van der Waals surface area contributed by atoms with E-state index in [1.807, 2.05) is 6.92 Å². The molecule has 1 N–H and O–H groups in total. The van der Waals surface area contributed by atoms with Gasteiger partial charge in [0.05, 0.1) is 22.8 Å². The quantitative estimate of drug-likeness (QED) is 0.821. The molecule has 0 aromatic carbocycles. The lowest BCUT2D eigenvalue weighted by Gasteiger charge is -2.40. The number of aliphatic carboxylic acids is 1. The monoisotopic (exact) mass is 303 g/mol. The van der Waals surface area contributed by atoms with Crippen molar-refractivity contribution in [1.29, 1.82) is 0 Å². The Kier molecular flexibility index (Phi) is 4.09. The fourth-order valence-corrected chi connectivity index (χ4v) is 4.91. The van der Waals surface area contributed by atoms with Crippen molar-refractivity contribution in [2.24, 2.45) is 11.3 Å². The third kappa shape index (κ3) is 2.82. The van der Waals surface area contributed by atoms with E-state index in [4.69, 9.17) is 0 Å². The zero-order valence-corrected chi connectivity index (χ0v) is 12.5. The van der Waals surface area contributed by atoms with Crippen LogP contribution in [0.2, 0.25) is 0 Å². The zero-order valence-electron chi connectivity index (χ0n) is 11.7. The van der Waals surface area contributed by atoms with Gasteiger partial charge in [0.2, 0.25) is 5.91 Å². The summed E-state index contributed by atoms with van der Waals surface area (Å²) in [5.74, 6) is -1.56. The molecule has 2 aliphatic rings. The minimum absolute atomic E-state index is 0.0646. The lowest BCUT2D eigenvalue weighted by Crippen LogP contribution is -2.51. The van der Waals surface area contributed by atoms with Crippen LogP contribution in [0.1, 0.15) is 32.6 Å². The number of carbonyl (C=O) groups is 2. The van der Waals surface area contributed by atoms with Gasteiger partial charge in [-0.1, -0.05) is 6.92 Å². The lowest BCUT2D eigenvalue weighted by atomic mass is 9.77. The highest BCUT2D eigenvalue weighted by atomic mass is 32.2. The van der Waals surface area contributed by atoms with Gasteiger partial charge in [0, 0.05) is 13.1 Å². The maximum atomic E-state index is 12.4. The molecule has 2 heterocycles. The molecule has 0 aliphatic carbocycles. The van der Waals surface area contributed by atoms with Gasteiger partial charge in [0.15, 0.2) is 9.84 Å². The summed E-state index contributed by atoms with van der Waals surface area (Å²) in [7, 11) is -3.09. The second kappa shape index (κ2) is 5.35. The normalized spacial score (nSPS) is 33.0. The summed E-state index contributed by atoms with van der Waals surface area (Å²) in [6.45, 7) is 2.56. The van der Waals surface area contributed by atoms with Crippen LogP contribution in [-0.4, -0.2) is 54.9 Å². The van der Waals surface area contributed by atoms with Crippen LogP contribution in [-0.2, 0) is 19.4 Å². The predicted octanol–water partition coefficient (Wildman–Crippen LogP) is 0.524. The summed E-state index contributed by atoms with van der Waals surface area (Å²) < 4.78 is 22.9. The Morgan fingerprint density at radius 3 is 2.60 bits per heavy atom. The minimum Gasteiger partial charge on any atom is -0.481 e. The van der Waals surface area contributed by atoms with Gasteiger partial charge in [-0.15, -0.1) is 0 Å². The number of carboxylic acids is 1. The number of nitrogens with zero attached hydrogens (tertiary/aromatic N) is 1. The van der Waals surface area contributed by atoms with Gasteiger partial charge >= 0.3 is 5.97 Å². The van der Waals surface area contributed by atoms with E-state index < -0.39 is 27.1 Å². The summed E-state index contributed by atoms with van der Waals surface area (Å²) >= 11 is 0. The topological polar surface area (TPSA) is 91.8 Å². The average molecular weight is 303 g/mol. The predicted molar refractivity (Wildman–Crippen MR) is 72.9 cm³/mol. The third-order valence-electron chi connectivity index (χ3n) is 4.60. The largest absolute Gasteiger partial charge is 0.481 e. The molecule has 114 valence electrons. The molecule has 0 saturated carbocycles. The van der Waals surface area contributed by atoms with E-state index in [-0.39, 0.29) is 24.0 Å². The van der Waals surface area contributed by atoms with Gasteiger partial charge < -0.3 is 10.0 Å². The highest BCUT2D eigenvalue weighted by Crippen LogP contribution is 2.35. The highest BCUT2D eigenvalue weighted by molar-refractivity contribution is 7.91. The number of carbonyl (C=O) groups excluding carboxylic acids is 1. The van der Waals surface area contributed by atoms with E-state index in [0.29, 0.717) is 32.2 Å². The molecule has 2 rings (SSSR count). The van der Waals surface area contributed by atoms with Gasteiger partial charge in [0.25, 0.3) is 0 Å². The van der Waals surface area contributed by atoms with Gasteiger partial charge in [-0.3, -0.25) is 9.59 Å². The average Bonchev–Trinajstić information content (AvgIpc) is 2.78. The molecule has 0 bridgehead atoms. The van der Waals surface area contributed by atoms with E-state index in [9.17, 15) is 23.1 Å². The van der Waals surface area contributed by atoms with Crippen molar-refractivity contribution in [1.82, 2.24) is 4.90 Å². The van der Waals surface area contributed by atoms with Crippen LogP contribution in [0.4, 0.5) is 0 Å². The molecular weight excluding hydrogens is 282 g/mol. The molecule has 2 atom stereocenters. The molecule has 2 fully saturated rings. The first kappa shape index (κ1) is 15.3. The second-order valence-electron chi connectivity index (χ2n) is 5.90. The summed E-state index contributed by atoms with van der Waals surface area (Å²) in [6, 6.07) is 0. The molecule has 2 saturated heterocycles. The van der Waals surface area contributed by atoms with Crippen LogP contribution in [0.5, 0.6) is 0 Å². The van der Waals surface area contributed by atoms with Crippen LogP contribution in [0, 0.1) is 11.3 Å². The van der Waals surface area contributed by atoms with E-state index in [2.05, 4.69) is 0 Å². The number of likely N-dealkylation sites (tertiary alicyclic amines) is 1. The second-order valence-corrected chi connectivity index (χ2v) is 8.13. The molecule has 2 unspecified atom stereocenters. The number of hydrogen-bond donors (Lipinski definition) is 1. The van der Waals surface area contributed by atoms with Crippen molar-refractivity contribution in [2.45, 2.75) is 32.6 Å². The van der Waals surface area contributed by atoms with Gasteiger partial charge in [0.1, 0.15) is 0 Å². The number of rotatable bonds is 3. The van der Waals surface area contributed by atoms with Crippen LogP contribution < -0.4 is 0 Å². The summed E-state index contributed by atoms with van der Waals surface area (Å²) in [4.78, 5) is 25.4. The Morgan fingerprint density at radius 1 is 1.40 bits per heavy atom. The Hall–Kier alpha value is -1.11. The van der Waals surface area contributed by atoms with Crippen LogP contribution in [0.3, 0.4) is 0 Å². The third-order valence-corrected chi connectivity index (χ3v) is 6.37. The Morgan fingerprint density at radius 2 is 2.10 bits per heavy atom. The first-order chi connectivity index (χ1) is 9.30. The van der Waals surface area contributed by atoms with Crippen molar-refractivity contribution in [3.8, 4) is 0 Å². The maximum Gasteiger partial charge on any atom is 0.311 e. The number of piperidine rings is 1. The Balaban J connectivity index is 2.09. The van der Waals surface area contributed by atoms with Gasteiger partial charge in [-0.05, 0) is 25.7 Å². The number of hydrogen-bond acceptors (Lipinski definition) is 4. The maximum absolute atomic E-state index is 12.4. The molecule has 0 aromatic heterocycles. The molecule has 0 aromatic rings. The first-order valence-electron chi connectivity index (χ1n) is 7.02. The Bertz CT molecular complexity index is 515. The fraction of sp³-hybridized carbons (Fsp3) is 0.846. The zero-order chi connectivity index (χ0) is 15.0. The number of carboxylic acid groups (broad SMARTS) is 1. The first-order valence-corrected chi connectivity index (χ1v) is 8.84. The molecule has 6 nitrogen and oxygen atoms in total. The molecule has 0 radical (unpaired) electrons.